The summed E-state index contributed by atoms with van der Waals surface area (Å²) in [5.41, 5.74) is 1.12. The van der Waals surface area contributed by atoms with Gasteiger partial charge in [-0.2, -0.15) is 0 Å². The van der Waals surface area contributed by atoms with E-state index >= 15 is 0 Å². The molecular weight excluding hydrogens is 166 g/mol. The van der Waals surface area contributed by atoms with E-state index in [0.29, 0.717) is 13.3 Å². The van der Waals surface area contributed by atoms with Crippen LogP contribution < -0.4 is 14.8 Å². The predicted molar refractivity (Wildman–Crippen MR) is 50.2 cm³/mol. The van der Waals surface area contributed by atoms with E-state index in [-0.39, 0.29) is 0 Å². The lowest BCUT2D eigenvalue weighted by Gasteiger charge is -2.01. The molecule has 0 unspecified atom stereocenters. The first kappa shape index (κ1) is 6.27. The van der Waals surface area contributed by atoms with Gasteiger partial charge in [0.15, 0.2) is 11.5 Å². The van der Waals surface area contributed by atoms with Crippen LogP contribution in [0.4, 0.5) is 0 Å². The minimum atomic E-state index is -0.959. The predicted octanol–water partition coefficient (Wildman–Crippen LogP) is 1.18. The van der Waals surface area contributed by atoms with E-state index in [1.54, 1.807) is 0 Å². The molecule has 1 N–H and O–H groups in total. The van der Waals surface area contributed by atoms with Crippen molar-refractivity contribution in [3.63, 3.8) is 0 Å². The minimum absolute atomic E-state index is 0.290. The molecule has 1 heterocycles. The molecule has 0 fully saturated rings. The van der Waals surface area contributed by atoms with Crippen molar-refractivity contribution >= 4 is 0 Å². The molecular formula is C10H13NO2. The summed E-state index contributed by atoms with van der Waals surface area (Å²) in [5.74, 6) is 1.56. The topological polar surface area (TPSA) is 30.5 Å². The number of fused-ring (bicyclic) bond motifs is 1. The van der Waals surface area contributed by atoms with Gasteiger partial charge in [0, 0.05) is 2.74 Å². The van der Waals surface area contributed by atoms with Crippen LogP contribution in [0, 0.1) is 0 Å². The Morgan fingerprint density at radius 2 is 2.38 bits per heavy atom. The highest BCUT2D eigenvalue weighted by atomic mass is 16.7. The maximum absolute atomic E-state index is 6.98. The third-order valence-corrected chi connectivity index (χ3v) is 1.99. The van der Waals surface area contributed by atoms with Crippen molar-refractivity contribution in [1.82, 2.24) is 5.32 Å². The smallest absolute Gasteiger partial charge is 0.231 e. The first-order valence-electron chi connectivity index (χ1n) is 5.37. The van der Waals surface area contributed by atoms with Crippen molar-refractivity contribution in [1.29, 1.82) is 0 Å². The van der Waals surface area contributed by atoms with Gasteiger partial charge in [-0.25, -0.2) is 0 Å². The summed E-state index contributed by atoms with van der Waals surface area (Å²) in [6.07, 6.45) is 0.783. The number of hydrogen-bond acceptors (Lipinski definition) is 3. The van der Waals surface area contributed by atoms with Crippen molar-refractivity contribution in [3.05, 3.63) is 23.8 Å². The molecule has 0 spiro atoms. The highest BCUT2D eigenvalue weighted by molar-refractivity contribution is 5.44. The molecule has 0 bridgehead atoms. The SMILES string of the molecule is [2H]C([2H])NCCc1ccc2c(c1)OCO2. The normalized spacial score (nSPS) is 15.8. The molecule has 0 saturated carbocycles. The highest BCUT2D eigenvalue weighted by Gasteiger charge is 2.12. The first-order chi connectivity index (χ1) is 7.25. The number of rotatable bonds is 3. The Morgan fingerprint density at radius 1 is 1.46 bits per heavy atom. The summed E-state index contributed by atoms with van der Waals surface area (Å²) in [4.78, 5) is 0. The molecule has 1 aliphatic rings. The van der Waals surface area contributed by atoms with E-state index in [4.69, 9.17) is 12.2 Å². The van der Waals surface area contributed by atoms with Crippen molar-refractivity contribution in [2.75, 3.05) is 20.3 Å². The van der Waals surface area contributed by atoms with Crippen LogP contribution in [0.5, 0.6) is 11.5 Å². The molecule has 13 heavy (non-hydrogen) atoms. The van der Waals surface area contributed by atoms with Gasteiger partial charge in [-0.15, -0.1) is 0 Å². The van der Waals surface area contributed by atoms with Gasteiger partial charge in [-0.1, -0.05) is 6.07 Å². The van der Waals surface area contributed by atoms with Crippen LogP contribution in [0.25, 0.3) is 0 Å². The lowest BCUT2D eigenvalue weighted by Crippen LogP contribution is -2.10. The zero-order chi connectivity index (χ0) is 10.7. The standard InChI is InChI=1S/C10H13NO2/c1-11-5-4-8-2-3-9-10(6-8)13-7-12-9/h2-3,6,11H,4-5,7H2,1H3/i1D2. The summed E-state index contributed by atoms with van der Waals surface area (Å²) in [7, 11) is 0. The van der Waals surface area contributed by atoms with Gasteiger partial charge in [0.25, 0.3) is 0 Å². The summed E-state index contributed by atoms with van der Waals surface area (Å²) in [6.45, 7) is -0.0467. The Kier molecular flexibility index (Phi) is 1.77. The maximum Gasteiger partial charge on any atom is 0.231 e. The van der Waals surface area contributed by atoms with E-state index in [9.17, 15) is 0 Å². The number of hydrogen-bond donors (Lipinski definition) is 1. The van der Waals surface area contributed by atoms with Gasteiger partial charge in [0.05, 0.1) is 0 Å². The summed E-state index contributed by atoms with van der Waals surface area (Å²) < 4.78 is 24.4. The molecule has 0 aliphatic carbocycles. The van der Waals surface area contributed by atoms with Crippen LogP contribution in [0.2, 0.25) is 0 Å². The minimum Gasteiger partial charge on any atom is -0.454 e. The van der Waals surface area contributed by atoms with Crippen LogP contribution >= 0.6 is 0 Å². The Labute approximate surface area is 80.5 Å². The van der Waals surface area contributed by atoms with Gasteiger partial charge >= 0.3 is 0 Å². The zero-order valence-electron chi connectivity index (χ0n) is 9.25. The third kappa shape index (κ3) is 1.75. The highest BCUT2D eigenvalue weighted by Crippen LogP contribution is 2.32. The lowest BCUT2D eigenvalue weighted by molar-refractivity contribution is 0.174. The molecule has 0 atom stereocenters. The van der Waals surface area contributed by atoms with Crippen molar-refractivity contribution in [3.8, 4) is 11.5 Å². The monoisotopic (exact) mass is 181 g/mol. The fourth-order valence-electron chi connectivity index (χ4n) is 1.31. The Balaban J connectivity index is 1.92. The quantitative estimate of drug-likeness (QED) is 0.759. The van der Waals surface area contributed by atoms with E-state index < -0.39 is 7.00 Å². The molecule has 0 amide bonds. The van der Waals surface area contributed by atoms with Crippen molar-refractivity contribution in [2.24, 2.45) is 0 Å². The molecule has 2 rings (SSSR count). The van der Waals surface area contributed by atoms with Crippen LogP contribution in [0.1, 0.15) is 8.30 Å². The van der Waals surface area contributed by atoms with E-state index in [1.165, 1.54) is 0 Å². The molecule has 3 nitrogen and oxygen atoms in total. The van der Waals surface area contributed by atoms with Gasteiger partial charge < -0.3 is 14.8 Å². The second-order valence-corrected chi connectivity index (χ2v) is 2.89. The average Bonchev–Trinajstić information content (AvgIpc) is 2.64. The molecule has 3 heteroatoms. The van der Waals surface area contributed by atoms with Gasteiger partial charge in [0.1, 0.15) is 0 Å². The van der Waals surface area contributed by atoms with Gasteiger partial charge in [0.2, 0.25) is 6.79 Å². The molecule has 0 radical (unpaired) electrons. The number of likely N-dealkylation sites (N-methyl/N-ethyl adjacent to an activating group) is 1. The van der Waals surface area contributed by atoms with Crippen molar-refractivity contribution in [2.45, 2.75) is 6.42 Å². The molecule has 1 aliphatic heterocycles. The summed E-state index contributed by atoms with van der Waals surface area (Å²) in [5, 5.41) is 2.72. The van der Waals surface area contributed by atoms with Crippen LogP contribution in [-0.4, -0.2) is 20.3 Å². The second-order valence-electron chi connectivity index (χ2n) is 2.89. The third-order valence-electron chi connectivity index (χ3n) is 1.99. The van der Waals surface area contributed by atoms with Gasteiger partial charge in [-0.05, 0) is 37.7 Å². The molecule has 0 saturated heterocycles. The van der Waals surface area contributed by atoms with E-state index in [2.05, 4.69) is 5.32 Å². The number of nitrogens with one attached hydrogen (secondary N) is 1. The summed E-state index contributed by atoms with van der Waals surface area (Å²) in [6, 6.07) is 5.79. The Hall–Kier alpha value is -1.22. The van der Waals surface area contributed by atoms with Crippen molar-refractivity contribution < 1.29 is 12.2 Å². The first-order valence-corrected chi connectivity index (χ1v) is 4.22. The lowest BCUT2D eigenvalue weighted by atomic mass is 10.1. The molecule has 0 aromatic heterocycles. The maximum atomic E-state index is 6.98. The molecule has 70 valence electrons. The molecule has 1 aromatic rings. The fourth-order valence-corrected chi connectivity index (χ4v) is 1.31. The van der Waals surface area contributed by atoms with Gasteiger partial charge in [-0.3, -0.25) is 0 Å². The largest absolute Gasteiger partial charge is 0.454 e. The van der Waals surface area contributed by atoms with Crippen LogP contribution in [0.3, 0.4) is 0 Å². The Morgan fingerprint density at radius 3 is 3.31 bits per heavy atom. The van der Waals surface area contributed by atoms with Crippen LogP contribution in [0.15, 0.2) is 18.2 Å². The fraction of sp³-hybridized carbons (Fsp3) is 0.400. The second kappa shape index (κ2) is 3.66. The summed E-state index contributed by atoms with van der Waals surface area (Å²) >= 11 is 0. The number of ether oxygens (including phenoxy) is 2. The van der Waals surface area contributed by atoms with E-state index in [0.717, 1.165) is 23.5 Å². The zero-order valence-corrected chi connectivity index (χ0v) is 7.25. The van der Waals surface area contributed by atoms with E-state index in [1.807, 2.05) is 18.2 Å². The molecule has 1 aromatic carbocycles. The Bertz CT molecular complexity index is 344. The van der Waals surface area contributed by atoms with Crippen LogP contribution in [-0.2, 0) is 6.42 Å². The average molecular weight is 181 g/mol. The number of benzene rings is 1.